The first kappa shape index (κ1) is 17.6. The summed E-state index contributed by atoms with van der Waals surface area (Å²) in [5.41, 5.74) is 0.551. The molecule has 1 aromatic rings. The smallest absolute Gasteiger partial charge is 0.416 e. The molecule has 8 heteroatoms. The van der Waals surface area contributed by atoms with Crippen LogP contribution >= 0.6 is 0 Å². The number of hydrogen-bond acceptors (Lipinski definition) is 7. The first-order chi connectivity index (χ1) is 11.6. The van der Waals surface area contributed by atoms with Crippen LogP contribution in [0.15, 0.2) is 24.3 Å². The van der Waals surface area contributed by atoms with Crippen LogP contribution < -0.4 is 10.1 Å². The number of rotatable bonds is 7. The summed E-state index contributed by atoms with van der Waals surface area (Å²) < 4.78 is 15.0. The highest BCUT2D eigenvalue weighted by molar-refractivity contribution is 5.96. The molecular weight excluding hydrogens is 316 g/mol. The molecular formula is C16H20N2O6. The molecule has 1 aromatic carbocycles. The summed E-state index contributed by atoms with van der Waals surface area (Å²) in [4.78, 5) is 36.9. The predicted octanol–water partition coefficient (Wildman–Crippen LogP) is 1.41. The van der Waals surface area contributed by atoms with Crippen LogP contribution in [0.2, 0.25) is 0 Å². The van der Waals surface area contributed by atoms with Gasteiger partial charge in [0.15, 0.2) is 0 Å². The molecule has 1 aliphatic heterocycles. The van der Waals surface area contributed by atoms with Gasteiger partial charge in [0, 0.05) is 0 Å². The first-order valence-electron chi connectivity index (χ1n) is 7.60. The third-order valence-electron chi connectivity index (χ3n) is 3.45. The van der Waals surface area contributed by atoms with E-state index in [-0.39, 0.29) is 26.2 Å². The van der Waals surface area contributed by atoms with Crippen LogP contribution in [-0.2, 0) is 19.1 Å². The number of nitrogens with one attached hydrogen (secondary N) is 1. The predicted molar refractivity (Wildman–Crippen MR) is 84.7 cm³/mol. The quantitative estimate of drug-likeness (QED) is 0.752. The zero-order valence-corrected chi connectivity index (χ0v) is 13.6. The van der Waals surface area contributed by atoms with Crippen LogP contribution in [0.3, 0.4) is 0 Å². The van der Waals surface area contributed by atoms with Crippen molar-refractivity contribution in [3.8, 4) is 5.75 Å². The molecule has 1 unspecified atom stereocenters. The second-order valence-corrected chi connectivity index (χ2v) is 5.01. The number of carbonyl (C=O) groups excluding carboxylic acids is 3. The van der Waals surface area contributed by atoms with Crippen molar-refractivity contribution in [2.45, 2.75) is 19.4 Å². The Kier molecular flexibility index (Phi) is 6.00. The molecule has 1 aliphatic rings. The fourth-order valence-corrected chi connectivity index (χ4v) is 2.29. The molecule has 130 valence electrons. The molecule has 1 N–H and O–H groups in total. The van der Waals surface area contributed by atoms with E-state index in [1.54, 1.807) is 31.2 Å². The first-order valence-corrected chi connectivity index (χ1v) is 7.60. The van der Waals surface area contributed by atoms with Crippen LogP contribution in [0.25, 0.3) is 0 Å². The van der Waals surface area contributed by atoms with Crippen molar-refractivity contribution in [3.05, 3.63) is 24.3 Å². The van der Waals surface area contributed by atoms with E-state index in [4.69, 9.17) is 14.2 Å². The van der Waals surface area contributed by atoms with Crippen LogP contribution in [0.5, 0.6) is 5.75 Å². The van der Waals surface area contributed by atoms with Crippen molar-refractivity contribution in [2.24, 2.45) is 0 Å². The summed E-state index contributed by atoms with van der Waals surface area (Å²) in [6.07, 6.45) is -0.925. The van der Waals surface area contributed by atoms with Crippen LogP contribution in [0, 0.1) is 0 Å². The number of para-hydroxylation sites is 2. The van der Waals surface area contributed by atoms with Gasteiger partial charge < -0.3 is 19.5 Å². The van der Waals surface area contributed by atoms with Gasteiger partial charge in [0.05, 0.1) is 32.4 Å². The Hall–Kier alpha value is -2.77. The van der Waals surface area contributed by atoms with E-state index in [0.717, 1.165) is 4.90 Å². The monoisotopic (exact) mass is 336 g/mol. The maximum Gasteiger partial charge on any atom is 0.416 e. The molecule has 0 spiro atoms. The van der Waals surface area contributed by atoms with Crippen molar-refractivity contribution >= 4 is 23.7 Å². The summed E-state index contributed by atoms with van der Waals surface area (Å²) in [7, 11) is 1.51. The van der Waals surface area contributed by atoms with Gasteiger partial charge in [-0.2, -0.15) is 0 Å². The number of esters is 1. The molecule has 1 atom stereocenters. The van der Waals surface area contributed by atoms with E-state index < -0.39 is 24.0 Å². The Bertz CT molecular complexity index is 618. The van der Waals surface area contributed by atoms with Crippen molar-refractivity contribution in [3.63, 3.8) is 0 Å². The summed E-state index contributed by atoms with van der Waals surface area (Å²) in [6.45, 7) is 2.21. The van der Waals surface area contributed by atoms with Crippen molar-refractivity contribution < 1.29 is 28.6 Å². The molecule has 0 aromatic heterocycles. The van der Waals surface area contributed by atoms with Gasteiger partial charge >= 0.3 is 12.1 Å². The average Bonchev–Trinajstić information content (AvgIpc) is 3.01. The molecule has 2 rings (SSSR count). The van der Waals surface area contributed by atoms with Crippen LogP contribution in [0.4, 0.5) is 10.5 Å². The number of methoxy groups -OCH3 is 1. The molecule has 24 heavy (non-hydrogen) atoms. The number of benzene rings is 1. The highest BCUT2D eigenvalue weighted by atomic mass is 16.6. The van der Waals surface area contributed by atoms with Crippen molar-refractivity contribution in [1.29, 1.82) is 0 Å². The van der Waals surface area contributed by atoms with E-state index in [0.29, 0.717) is 11.4 Å². The molecule has 8 nitrogen and oxygen atoms in total. The highest BCUT2D eigenvalue weighted by Gasteiger charge is 2.32. The van der Waals surface area contributed by atoms with Crippen LogP contribution in [0.1, 0.15) is 13.3 Å². The minimum absolute atomic E-state index is 0.161. The van der Waals surface area contributed by atoms with E-state index in [1.165, 1.54) is 7.11 Å². The zero-order valence-electron chi connectivity index (χ0n) is 13.6. The molecule has 1 saturated heterocycles. The maximum absolute atomic E-state index is 12.3. The molecule has 0 radical (unpaired) electrons. The third-order valence-corrected chi connectivity index (χ3v) is 3.45. The second-order valence-electron chi connectivity index (χ2n) is 5.01. The molecule has 0 saturated carbocycles. The summed E-state index contributed by atoms with van der Waals surface area (Å²) in [5.74, 6) is -0.554. The number of ether oxygens (including phenoxy) is 3. The van der Waals surface area contributed by atoms with E-state index in [9.17, 15) is 14.4 Å². The Morgan fingerprint density at radius 3 is 2.75 bits per heavy atom. The van der Waals surface area contributed by atoms with Gasteiger partial charge in [-0.3, -0.25) is 4.79 Å². The van der Waals surface area contributed by atoms with Gasteiger partial charge in [-0.25, -0.2) is 14.5 Å². The lowest BCUT2D eigenvalue weighted by Gasteiger charge is -2.21. The van der Waals surface area contributed by atoms with Gasteiger partial charge in [0.1, 0.15) is 18.4 Å². The van der Waals surface area contributed by atoms with Gasteiger partial charge in [0.2, 0.25) is 5.91 Å². The number of nitrogens with zero attached hydrogens (tertiary/aromatic N) is 1. The fraction of sp³-hybridized carbons (Fsp3) is 0.438. The summed E-state index contributed by atoms with van der Waals surface area (Å²) in [5, 5.41) is 2.95. The van der Waals surface area contributed by atoms with Crippen LogP contribution in [-0.4, -0.2) is 55.8 Å². The molecule has 1 heterocycles. The molecule has 1 fully saturated rings. The number of amides is 2. The van der Waals surface area contributed by atoms with Crippen molar-refractivity contribution in [2.75, 3.05) is 32.2 Å². The second kappa shape index (κ2) is 8.19. The molecule has 0 bridgehead atoms. The lowest BCUT2D eigenvalue weighted by molar-refractivity contribution is -0.146. The van der Waals surface area contributed by atoms with Gasteiger partial charge in [-0.15, -0.1) is 0 Å². The maximum atomic E-state index is 12.3. The zero-order chi connectivity index (χ0) is 17.5. The number of anilines is 1. The number of carbonyl (C=O) groups is 3. The standard InChI is InChI=1S/C16H20N2O6/c1-3-23-15(20)12(10-14(19)18-8-9-24-16(18)21)17-11-6-4-5-7-13(11)22-2/h4-7,12,17H,3,8-10H2,1-2H3. The lowest BCUT2D eigenvalue weighted by atomic mass is 10.1. The summed E-state index contributed by atoms with van der Waals surface area (Å²) in [6, 6.07) is 6.06. The van der Waals surface area contributed by atoms with Crippen molar-refractivity contribution in [1.82, 2.24) is 4.90 Å². The number of cyclic esters (lactones) is 1. The molecule has 2 amide bonds. The van der Waals surface area contributed by atoms with Gasteiger partial charge in [-0.1, -0.05) is 12.1 Å². The Balaban J connectivity index is 2.13. The normalized spacial score (nSPS) is 14.8. The SMILES string of the molecule is CCOC(=O)C(CC(=O)N1CCOC1=O)Nc1ccccc1OC. The fourth-order valence-electron chi connectivity index (χ4n) is 2.29. The number of imide groups is 1. The topological polar surface area (TPSA) is 94.2 Å². The minimum Gasteiger partial charge on any atom is -0.495 e. The molecule has 0 aliphatic carbocycles. The lowest BCUT2D eigenvalue weighted by Crippen LogP contribution is -2.40. The number of hydrogen-bond donors (Lipinski definition) is 1. The largest absolute Gasteiger partial charge is 0.495 e. The minimum atomic E-state index is -0.942. The summed E-state index contributed by atoms with van der Waals surface area (Å²) >= 11 is 0. The highest BCUT2D eigenvalue weighted by Crippen LogP contribution is 2.25. The Labute approximate surface area is 139 Å². The average molecular weight is 336 g/mol. The Morgan fingerprint density at radius 2 is 2.12 bits per heavy atom. The van der Waals surface area contributed by atoms with Gasteiger partial charge in [-0.05, 0) is 19.1 Å². The van der Waals surface area contributed by atoms with E-state index >= 15 is 0 Å². The van der Waals surface area contributed by atoms with E-state index in [1.807, 2.05) is 0 Å². The third kappa shape index (κ3) is 4.15. The van der Waals surface area contributed by atoms with E-state index in [2.05, 4.69) is 5.32 Å². The van der Waals surface area contributed by atoms with Gasteiger partial charge in [0.25, 0.3) is 0 Å². The Morgan fingerprint density at radius 1 is 1.38 bits per heavy atom.